The number of para-hydroxylation sites is 2. The van der Waals surface area contributed by atoms with E-state index in [-0.39, 0.29) is 24.8 Å². The van der Waals surface area contributed by atoms with Crippen LogP contribution in [0.5, 0.6) is 5.75 Å². The molecule has 1 N–H and O–H groups in total. The van der Waals surface area contributed by atoms with E-state index in [4.69, 9.17) is 9.15 Å². The maximum absolute atomic E-state index is 12.9. The highest BCUT2D eigenvalue weighted by atomic mass is 16.5. The van der Waals surface area contributed by atoms with Crippen molar-refractivity contribution < 1.29 is 18.7 Å². The van der Waals surface area contributed by atoms with Gasteiger partial charge in [-0.25, -0.2) is 4.98 Å². The molecule has 4 rings (SSSR count). The third-order valence-electron chi connectivity index (χ3n) is 4.78. The van der Waals surface area contributed by atoms with Crippen LogP contribution in [-0.2, 0) is 16.0 Å². The third kappa shape index (κ3) is 3.99. The zero-order valence-electron chi connectivity index (χ0n) is 16.0. The number of nitrogens with one attached hydrogen (secondary N) is 1. The van der Waals surface area contributed by atoms with Crippen LogP contribution < -0.4 is 15.0 Å². The number of aromatic nitrogens is 1. The Balaban J connectivity index is 1.47. The van der Waals surface area contributed by atoms with E-state index >= 15 is 0 Å². The van der Waals surface area contributed by atoms with Gasteiger partial charge in [-0.1, -0.05) is 42.5 Å². The third-order valence-corrected chi connectivity index (χ3v) is 4.78. The van der Waals surface area contributed by atoms with Crippen LogP contribution in [0.15, 0.2) is 65.2 Å². The Morgan fingerprint density at radius 2 is 1.90 bits per heavy atom. The van der Waals surface area contributed by atoms with Crippen molar-refractivity contribution in [3.8, 4) is 17.1 Å². The lowest BCUT2D eigenvalue weighted by molar-refractivity contribution is -0.127. The number of oxazole rings is 1. The molecule has 0 fully saturated rings. The summed E-state index contributed by atoms with van der Waals surface area (Å²) in [5.41, 5.74) is 1.60. The standard InChI is InChI=1S/C22H21N3O4/c1-23-22(27)19-14-25(16-9-5-6-10-17(16)28-19)21(26)12-11-20-24-13-18(29-20)15-7-3-2-4-8-15/h2-10,13,19H,11-12,14H2,1H3,(H,23,27)/t19-/m0/s1. The first-order valence-corrected chi connectivity index (χ1v) is 9.43. The van der Waals surface area contributed by atoms with Gasteiger partial charge in [-0.3, -0.25) is 9.59 Å². The lowest BCUT2D eigenvalue weighted by atomic mass is 10.1. The van der Waals surface area contributed by atoms with Crippen LogP contribution in [0.1, 0.15) is 12.3 Å². The molecule has 29 heavy (non-hydrogen) atoms. The van der Waals surface area contributed by atoms with E-state index in [0.29, 0.717) is 29.5 Å². The molecule has 1 aromatic heterocycles. The first-order valence-electron chi connectivity index (χ1n) is 9.43. The highest BCUT2D eigenvalue weighted by molar-refractivity contribution is 5.97. The largest absolute Gasteiger partial charge is 0.477 e. The highest BCUT2D eigenvalue weighted by Gasteiger charge is 2.33. The molecule has 0 aliphatic carbocycles. The fourth-order valence-corrected chi connectivity index (χ4v) is 3.28. The smallest absolute Gasteiger partial charge is 0.262 e. The predicted molar refractivity (Wildman–Crippen MR) is 108 cm³/mol. The Bertz CT molecular complexity index is 1020. The lowest BCUT2D eigenvalue weighted by Gasteiger charge is -2.34. The highest BCUT2D eigenvalue weighted by Crippen LogP contribution is 2.33. The van der Waals surface area contributed by atoms with Gasteiger partial charge in [0.25, 0.3) is 5.91 Å². The average molecular weight is 391 g/mol. The SMILES string of the molecule is CNC(=O)[C@@H]1CN(C(=O)CCc2ncc(-c3ccccc3)o2)c2ccccc2O1. The topological polar surface area (TPSA) is 84.7 Å². The van der Waals surface area contributed by atoms with Crippen molar-refractivity contribution in [2.45, 2.75) is 18.9 Å². The molecule has 0 spiro atoms. The molecule has 2 aromatic carbocycles. The molecule has 0 saturated heterocycles. The van der Waals surface area contributed by atoms with Crippen LogP contribution >= 0.6 is 0 Å². The summed E-state index contributed by atoms with van der Waals surface area (Å²) >= 11 is 0. The van der Waals surface area contributed by atoms with Gasteiger partial charge in [0.15, 0.2) is 17.8 Å². The van der Waals surface area contributed by atoms with Gasteiger partial charge in [0.2, 0.25) is 5.91 Å². The van der Waals surface area contributed by atoms with E-state index in [9.17, 15) is 9.59 Å². The van der Waals surface area contributed by atoms with Crippen molar-refractivity contribution in [2.75, 3.05) is 18.5 Å². The molecule has 0 bridgehead atoms. The number of hydrogen-bond donors (Lipinski definition) is 1. The zero-order chi connectivity index (χ0) is 20.2. The summed E-state index contributed by atoms with van der Waals surface area (Å²) in [5, 5.41) is 2.57. The second kappa shape index (κ2) is 8.18. The number of anilines is 1. The predicted octanol–water partition coefficient (Wildman–Crippen LogP) is 2.81. The number of hydrogen-bond acceptors (Lipinski definition) is 5. The first kappa shape index (κ1) is 18.7. The summed E-state index contributed by atoms with van der Waals surface area (Å²) in [6, 6.07) is 16.9. The number of fused-ring (bicyclic) bond motifs is 1. The summed E-state index contributed by atoms with van der Waals surface area (Å²) in [7, 11) is 1.55. The van der Waals surface area contributed by atoms with E-state index in [0.717, 1.165) is 5.56 Å². The van der Waals surface area contributed by atoms with Crippen LogP contribution in [0, 0.1) is 0 Å². The fraction of sp³-hybridized carbons (Fsp3) is 0.227. The second-order valence-electron chi connectivity index (χ2n) is 6.68. The van der Waals surface area contributed by atoms with E-state index in [1.54, 1.807) is 24.2 Å². The molecule has 0 unspecified atom stereocenters. The van der Waals surface area contributed by atoms with E-state index in [1.165, 1.54) is 0 Å². The molecular weight excluding hydrogens is 370 g/mol. The van der Waals surface area contributed by atoms with Crippen molar-refractivity contribution in [3.63, 3.8) is 0 Å². The minimum atomic E-state index is -0.745. The summed E-state index contributed by atoms with van der Waals surface area (Å²) in [6.45, 7) is 0.163. The molecule has 1 aliphatic heterocycles. The molecule has 2 amide bonds. The molecule has 0 saturated carbocycles. The summed E-state index contributed by atoms with van der Waals surface area (Å²) in [5.74, 6) is 1.31. The number of aryl methyl sites for hydroxylation is 1. The van der Waals surface area contributed by atoms with E-state index in [2.05, 4.69) is 10.3 Å². The number of carbonyl (C=O) groups is 2. The summed E-state index contributed by atoms with van der Waals surface area (Å²) in [6.07, 6.45) is 1.51. The maximum Gasteiger partial charge on any atom is 0.262 e. The van der Waals surface area contributed by atoms with Crippen molar-refractivity contribution in [2.24, 2.45) is 0 Å². The van der Waals surface area contributed by atoms with Crippen LogP contribution in [0.4, 0.5) is 5.69 Å². The Morgan fingerprint density at radius 3 is 2.69 bits per heavy atom. The van der Waals surface area contributed by atoms with Crippen LogP contribution in [0.25, 0.3) is 11.3 Å². The quantitative estimate of drug-likeness (QED) is 0.723. The Morgan fingerprint density at radius 1 is 1.14 bits per heavy atom. The van der Waals surface area contributed by atoms with Crippen molar-refractivity contribution in [3.05, 3.63) is 66.7 Å². The molecule has 148 valence electrons. The Hall–Kier alpha value is -3.61. The van der Waals surface area contributed by atoms with Crippen LogP contribution in [0.2, 0.25) is 0 Å². The molecule has 2 heterocycles. The Labute approximate surface area is 168 Å². The van der Waals surface area contributed by atoms with Crippen molar-refractivity contribution in [1.29, 1.82) is 0 Å². The number of likely N-dealkylation sites (N-methyl/N-ethyl adjacent to an activating group) is 1. The monoisotopic (exact) mass is 391 g/mol. The number of nitrogens with zero attached hydrogens (tertiary/aromatic N) is 2. The molecule has 1 aliphatic rings. The molecule has 0 radical (unpaired) electrons. The first-order chi connectivity index (χ1) is 14.2. The number of ether oxygens (including phenoxy) is 1. The fourth-order valence-electron chi connectivity index (χ4n) is 3.28. The van der Waals surface area contributed by atoms with Gasteiger partial charge < -0.3 is 19.4 Å². The van der Waals surface area contributed by atoms with Crippen LogP contribution in [0.3, 0.4) is 0 Å². The molecule has 7 heteroatoms. The molecular formula is C22H21N3O4. The van der Waals surface area contributed by atoms with Crippen molar-refractivity contribution in [1.82, 2.24) is 10.3 Å². The summed E-state index contributed by atoms with van der Waals surface area (Å²) < 4.78 is 11.5. The summed E-state index contributed by atoms with van der Waals surface area (Å²) in [4.78, 5) is 30.9. The van der Waals surface area contributed by atoms with E-state index in [1.807, 2.05) is 48.5 Å². The molecule has 7 nitrogen and oxygen atoms in total. The van der Waals surface area contributed by atoms with Gasteiger partial charge >= 0.3 is 0 Å². The Kier molecular flexibility index (Phi) is 5.29. The van der Waals surface area contributed by atoms with Gasteiger partial charge in [-0.15, -0.1) is 0 Å². The number of carbonyl (C=O) groups excluding carboxylic acids is 2. The van der Waals surface area contributed by atoms with E-state index < -0.39 is 6.10 Å². The molecule has 3 aromatic rings. The zero-order valence-corrected chi connectivity index (χ0v) is 16.0. The normalized spacial score (nSPS) is 15.3. The average Bonchev–Trinajstić information content (AvgIpc) is 3.26. The van der Waals surface area contributed by atoms with Crippen LogP contribution in [-0.4, -0.2) is 36.5 Å². The number of benzene rings is 2. The second-order valence-corrected chi connectivity index (χ2v) is 6.68. The van der Waals surface area contributed by atoms with Gasteiger partial charge in [-0.2, -0.15) is 0 Å². The van der Waals surface area contributed by atoms with Gasteiger partial charge in [0.05, 0.1) is 18.4 Å². The van der Waals surface area contributed by atoms with Crippen molar-refractivity contribution >= 4 is 17.5 Å². The maximum atomic E-state index is 12.9. The number of rotatable bonds is 5. The minimum absolute atomic E-state index is 0.117. The minimum Gasteiger partial charge on any atom is -0.477 e. The van der Waals surface area contributed by atoms with Gasteiger partial charge in [0, 0.05) is 25.5 Å². The lowest BCUT2D eigenvalue weighted by Crippen LogP contribution is -2.50. The van der Waals surface area contributed by atoms with Gasteiger partial charge in [0.1, 0.15) is 5.75 Å². The molecule has 1 atom stereocenters. The number of amides is 2. The van der Waals surface area contributed by atoms with Gasteiger partial charge in [-0.05, 0) is 12.1 Å².